The quantitative estimate of drug-likeness (QED) is 0.531. The van der Waals surface area contributed by atoms with Gasteiger partial charge in [-0.2, -0.15) is 0 Å². The van der Waals surface area contributed by atoms with E-state index < -0.39 is 5.91 Å². The summed E-state index contributed by atoms with van der Waals surface area (Å²) in [7, 11) is 0. The average molecular weight is 423 g/mol. The molecular formula is C21H22N6O2S. The zero-order valence-corrected chi connectivity index (χ0v) is 17.2. The summed E-state index contributed by atoms with van der Waals surface area (Å²) in [5, 5.41) is 9.40. The van der Waals surface area contributed by atoms with Gasteiger partial charge in [-0.25, -0.2) is 0 Å². The number of benzene rings is 1. The molecule has 0 radical (unpaired) electrons. The molecule has 0 aliphatic heterocycles. The number of hydrogen-bond acceptors (Lipinski definition) is 6. The van der Waals surface area contributed by atoms with E-state index in [0.717, 1.165) is 29.9 Å². The second-order valence-electron chi connectivity index (χ2n) is 7.03. The molecule has 0 bridgehead atoms. The van der Waals surface area contributed by atoms with Gasteiger partial charge in [-0.3, -0.25) is 19.1 Å². The van der Waals surface area contributed by atoms with Gasteiger partial charge in [0.05, 0.1) is 5.75 Å². The highest BCUT2D eigenvalue weighted by Crippen LogP contribution is 2.41. The molecule has 2 heterocycles. The lowest BCUT2D eigenvalue weighted by molar-refractivity contribution is -0.118. The number of pyridine rings is 1. The van der Waals surface area contributed by atoms with Crippen molar-refractivity contribution in [2.75, 3.05) is 17.2 Å². The van der Waals surface area contributed by atoms with Crippen molar-refractivity contribution in [2.45, 2.75) is 30.5 Å². The van der Waals surface area contributed by atoms with E-state index in [1.807, 2.05) is 42.5 Å². The molecule has 2 aromatic heterocycles. The standard InChI is InChI=1S/C21H22N6O2S/c22-18(28)10-12-26(16-6-2-1-3-7-16)19(29)14-30-21-25-24-20(27(21)17-8-9-17)15-5-4-11-23-13-15/h1-7,11,13,17H,8-10,12,14H2,(H2,22,28). The highest BCUT2D eigenvalue weighted by Gasteiger charge is 2.30. The number of carbonyl (C=O) groups is 2. The summed E-state index contributed by atoms with van der Waals surface area (Å²) in [6, 6.07) is 13.5. The molecule has 1 saturated carbocycles. The second-order valence-corrected chi connectivity index (χ2v) is 7.98. The maximum absolute atomic E-state index is 13.0. The van der Waals surface area contributed by atoms with E-state index >= 15 is 0 Å². The Kier molecular flexibility index (Phi) is 6.08. The van der Waals surface area contributed by atoms with Gasteiger partial charge in [-0.05, 0) is 37.1 Å². The van der Waals surface area contributed by atoms with Gasteiger partial charge in [0.2, 0.25) is 11.8 Å². The minimum atomic E-state index is -0.439. The zero-order valence-electron chi connectivity index (χ0n) is 16.3. The van der Waals surface area contributed by atoms with Crippen molar-refractivity contribution >= 4 is 29.3 Å². The van der Waals surface area contributed by atoms with Crippen LogP contribution in [0.3, 0.4) is 0 Å². The van der Waals surface area contributed by atoms with Crippen LogP contribution < -0.4 is 10.6 Å². The van der Waals surface area contributed by atoms with Gasteiger partial charge in [-0.15, -0.1) is 10.2 Å². The maximum atomic E-state index is 13.0. The summed E-state index contributed by atoms with van der Waals surface area (Å²) in [4.78, 5) is 30.0. The average Bonchev–Trinajstić information content (AvgIpc) is 3.52. The molecule has 1 aliphatic carbocycles. The van der Waals surface area contributed by atoms with Gasteiger partial charge in [0.15, 0.2) is 11.0 Å². The Balaban J connectivity index is 1.51. The lowest BCUT2D eigenvalue weighted by atomic mass is 10.2. The first-order chi connectivity index (χ1) is 14.6. The fraction of sp³-hybridized carbons (Fsp3) is 0.286. The highest BCUT2D eigenvalue weighted by molar-refractivity contribution is 7.99. The summed E-state index contributed by atoms with van der Waals surface area (Å²) in [6.07, 6.45) is 5.74. The van der Waals surface area contributed by atoms with Gasteiger partial charge in [0.25, 0.3) is 0 Å². The SMILES string of the molecule is NC(=O)CCN(C(=O)CSc1nnc(-c2cccnc2)n1C1CC1)c1ccccc1. The van der Waals surface area contributed by atoms with Crippen LogP contribution >= 0.6 is 11.8 Å². The van der Waals surface area contributed by atoms with Crippen LogP contribution in [0.25, 0.3) is 11.4 Å². The zero-order chi connectivity index (χ0) is 20.9. The van der Waals surface area contributed by atoms with Crippen molar-refractivity contribution in [3.8, 4) is 11.4 Å². The maximum Gasteiger partial charge on any atom is 0.237 e. The molecule has 0 spiro atoms. The van der Waals surface area contributed by atoms with Crippen LogP contribution in [-0.4, -0.2) is 43.9 Å². The van der Waals surface area contributed by atoms with Crippen LogP contribution in [0.15, 0.2) is 60.0 Å². The monoisotopic (exact) mass is 422 g/mol. The topological polar surface area (TPSA) is 107 Å². The van der Waals surface area contributed by atoms with Crippen LogP contribution in [0.1, 0.15) is 25.3 Å². The number of aromatic nitrogens is 4. The Morgan fingerprint density at radius 1 is 1.13 bits per heavy atom. The number of primary amides is 1. The van der Waals surface area contributed by atoms with Crippen molar-refractivity contribution in [3.63, 3.8) is 0 Å². The Morgan fingerprint density at radius 3 is 2.60 bits per heavy atom. The summed E-state index contributed by atoms with van der Waals surface area (Å²) >= 11 is 1.36. The van der Waals surface area contributed by atoms with Gasteiger partial charge in [0, 0.05) is 42.7 Å². The lowest BCUT2D eigenvalue weighted by Crippen LogP contribution is -2.35. The molecule has 9 heteroatoms. The lowest BCUT2D eigenvalue weighted by Gasteiger charge is -2.22. The summed E-state index contributed by atoms with van der Waals surface area (Å²) in [5.41, 5.74) is 6.94. The van der Waals surface area contributed by atoms with E-state index in [1.165, 1.54) is 11.8 Å². The molecule has 3 aromatic rings. The third-order valence-corrected chi connectivity index (χ3v) is 5.70. The number of nitrogens with zero attached hydrogens (tertiary/aromatic N) is 5. The number of thioether (sulfide) groups is 1. The second kappa shape index (κ2) is 9.08. The molecule has 0 unspecified atom stereocenters. The van der Waals surface area contributed by atoms with Gasteiger partial charge in [-0.1, -0.05) is 30.0 Å². The summed E-state index contributed by atoms with van der Waals surface area (Å²) in [5.74, 6) is 0.409. The molecule has 0 saturated heterocycles. The van der Waals surface area contributed by atoms with Crippen molar-refractivity contribution in [3.05, 3.63) is 54.9 Å². The van der Waals surface area contributed by atoms with Crippen LogP contribution in [0.5, 0.6) is 0 Å². The first kappa shape index (κ1) is 20.1. The van der Waals surface area contributed by atoms with E-state index in [0.29, 0.717) is 11.2 Å². The Bertz CT molecular complexity index is 1020. The summed E-state index contributed by atoms with van der Waals surface area (Å²) < 4.78 is 2.10. The predicted octanol–water partition coefficient (Wildman–Crippen LogP) is 2.68. The van der Waals surface area contributed by atoms with Crippen molar-refractivity contribution < 1.29 is 9.59 Å². The van der Waals surface area contributed by atoms with Crippen molar-refractivity contribution in [1.82, 2.24) is 19.7 Å². The Morgan fingerprint density at radius 2 is 1.93 bits per heavy atom. The molecule has 1 aliphatic rings. The van der Waals surface area contributed by atoms with E-state index in [4.69, 9.17) is 5.73 Å². The van der Waals surface area contributed by atoms with Gasteiger partial charge < -0.3 is 10.6 Å². The number of hydrogen-bond donors (Lipinski definition) is 1. The Labute approximate surface area is 178 Å². The van der Waals surface area contributed by atoms with Gasteiger partial charge >= 0.3 is 0 Å². The molecule has 0 atom stereocenters. The number of rotatable bonds is 9. The van der Waals surface area contributed by atoms with E-state index in [2.05, 4.69) is 19.7 Å². The highest BCUT2D eigenvalue weighted by atomic mass is 32.2. The molecule has 4 rings (SSSR count). The largest absolute Gasteiger partial charge is 0.370 e. The number of para-hydroxylation sites is 1. The van der Waals surface area contributed by atoms with Crippen LogP contribution in [0.2, 0.25) is 0 Å². The van der Waals surface area contributed by atoms with Crippen molar-refractivity contribution in [1.29, 1.82) is 0 Å². The Hall–Kier alpha value is -3.20. The fourth-order valence-corrected chi connectivity index (χ4v) is 4.04. The smallest absolute Gasteiger partial charge is 0.237 e. The number of anilines is 1. The normalized spacial score (nSPS) is 13.2. The molecule has 2 amide bonds. The third kappa shape index (κ3) is 4.68. The van der Waals surface area contributed by atoms with Crippen LogP contribution in [-0.2, 0) is 9.59 Å². The van der Waals surface area contributed by atoms with Crippen LogP contribution in [0, 0.1) is 0 Å². The number of nitrogens with two attached hydrogens (primary N) is 1. The van der Waals surface area contributed by atoms with Gasteiger partial charge in [0.1, 0.15) is 0 Å². The first-order valence-corrected chi connectivity index (χ1v) is 10.7. The molecule has 154 valence electrons. The third-order valence-electron chi connectivity index (χ3n) is 4.77. The fourth-order valence-electron chi connectivity index (χ4n) is 3.16. The van der Waals surface area contributed by atoms with E-state index in [9.17, 15) is 9.59 Å². The first-order valence-electron chi connectivity index (χ1n) is 9.75. The molecule has 1 aromatic carbocycles. The molecule has 8 nitrogen and oxygen atoms in total. The predicted molar refractivity (Wildman–Crippen MR) is 115 cm³/mol. The minimum Gasteiger partial charge on any atom is -0.370 e. The van der Waals surface area contributed by atoms with Crippen molar-refractivity contribution in [2.24, 2.45) is 5.73 Å². The number of carbonyl (C=O) groups excluding carboxylic acids is 2. The molecule has 30 heavy (non-hydrogen) atoms. The van der Waals surface area contributed by atoms with E-state index in [-0.39, 0.29) is 24.6 Å². The minimum absolute atomic E-state index is 0.106. The molecule has 2 N–H and O–H groups in total. The number of amides is 2. The van der Waals surface area contributed by atoms with E-state index in [1.54, 1.807) is 17.3 Å². The molecule has 1 fully saturated rings. The molecular weight excluding hydrogens is 400 g/mol. The van der Waals surface area contributed by atoms with Crippen LogP contribution in [0.4, 0.5) is 5.69 Å². The summed E-state index contributed by atoms with van der Waals surface area (Å²) in [6.45, 7) is 0.245.